The predicted molar refractivity (Wildman–Crippen MR) is 72.9 cm³/mol. The first kappa shape index (κ1) is 13.5. The van der Waals surface area contributed by atoms with Crippen LogP contribution in [-0.2, 0) is 9.05 Å². The zero-order valence-electron chi connectivity index (χ0n) is 9.76. The third kappa shape index (κ3) is 3.01. The molecule has 2 heterocycles. The van der Waals surface area contributed by atoms with Crippen molar-refractivity contribution in [3.8, 4) is 0 Å². The molecular formula is C9H11F2N3O2P3+. The molecule has 1 aromatic carbocycles. The first-order valence-corrected chi connectivity index (χ1v) is 9.87. The Bertz CT molecular complexity index is 623. The van der Waals surface area contributed by atoms with Gasteiger partial charge in [-0.25, -0.2) is 0 Å². The van der Waals surface area contributed by atoms with Gasteiger partial charge in [-0.15, -0.1) is 4.52 Å². The maximum absolute atomic E-state index is 14.4. The topological polar surface area (TPSA) is 55.5 Å². The molecule has 1 aromatic rings. The molecule has 0 fully saturated rings. The molecular weight excluding hydrogens is 313 g/mol. The number of hydrogen-bond donors (Lipinski definition) is 0. The maximum Gasteiger partial charge on any atom is 0.424 e. The van der Waals surface area contributed by atoms with Gasteiger partial charge in [0.15, 0.2) is 5.30 Å². The van der Waals surface area contributed by atoms with Gasteiger partial charge in [0.1, 0.15) is 0 Å². The second-order valence-electron chi connectivity index (χ2n) is 3.86. The Morgan fingerprint density at radius 2 is 1.74 bits per heavy atom. The summed E-state index contributed by atoms with van der Waals surface area (Å²) in [6.07, 6.45) is 0.418. The van der Waals surface area contributed by atoms with Crippen LogP contribution in [-0.4, -0.2) is 13.2 Å². The highest BCUT2D eigenvalue weighted by molar-refractivity contribution is 7.77. The molecule has 0 N–H and O–H groups in total. The van der Waals surface area contributed by atoms with Gasteiger partial charge in [0, 0.05) is 9.03 Å². The van der Waals surface area contributed by atoms with Crippen LogP contribution in [0.1, 0.15) is 6.42 Å². The van der Waals surface area contributed by atoms with Gasteiger partial charge >= 0.3 is 23.3 Å². The number of nitrogens with zero attached hydrogens (tertiary/aromatic N) is 3. The van der Waals surface area contributed by atoms with Crippen molar-refractivity contribution in [2.45, 2.75) is 6.42 Å². The lowest BCUT2D eigenvalue weighted by Gasteiger charge is -2.18. The number of halogens is 2. The van der Waals surface area contributed by atoms with Crippen LogP contribution in [0.3, 0.4) is 0 Å². The Morgan fingerprint density at radius 3 is 2.47 bits per heavy atom. The molecule has 2 bridgehead atoms. The van der Waals surface area contributed by atoms with Gasteiger partial charge < -0.3 is 9.05 Å². The second kappa shape index (κ2) is 5.16. The number of hydrogen-bond acceptors (Lipinski definition) is 5. The first-order chi connectivity index (χ1) is 9.09. The molecule has 2 aliphatic heterocycles. The SMILES string of the molecule is F[P@]12=N[P+](c3ccccc3)=N[P@](F)(=N1)OCCCO2. The van der Waals surface area contributed by atoms with Crippen molar-refractivity contribution in [2.24, 2.45) is 13.5 Å². The van der Waals surface area contributed by atoms with Gasteiger partial charge in [-0.2, -0.15) is 8.39 Å². The summed E-state index contributed by atoms with van der Waals surface area (Å²) in [5, 5.41) is 0.671. The summed E-state index contributed by atoms with van der Waals surface area (Å²) in [5.74, 6) is 0. The van der Waals surface area contributed by atoms with E-state index in [-0.39, 0.29) is 13.2 Å². The van der Waals surface area contributed by atoms with Crippen molar-refractivity contribution in [3.63, 3.8) is 0 Å². The fraction of sp³-hybridized carbons (Fsp3) is 0.333. The molecule has 0 amide bonds. The van der Waals surface area contributed by atoms with E-state index in [1.807, 2.05) is 6.07 Å². The normalized spacial score (nSPS) is 36.2. The Labute approximate surface area is 110 Å². The van der Waals surface area contributed by atoms with Gasteiger partial charge in [-0.3, -0.25) is 0 Å². The summed E-state index contributed by atoms with van der Waals surface area (Å²) < 4.78 is 50.2. The van der Waals surface area contributed by atoms with Crippen LogP contribution >= 0.6 is 23.3 Å². The number of rotatable bonds is 1. The van der Waals surface area contributed by atoms with E-state index in [9.17, 15) is 8.39 Å². The van der Waals surface area contributed by atoms with Crippen molar-refractivity contribution in [3.05, 3.63) is 30.3 Å². The van der Waals surface area contributed by atoms with E-state index in [0.717, 1.165) is 0 Å². The average Bonchev–Trinajstić information content (AvgIpc) is 2.37. The van der Waals surface area contributed by atoms with E-state index >= 15 is 0 Å². The van der Waals surface area contributed by atoms with Crippen LogP contribution in [0.2, 0.25) is 0 Å². The maximum atomic E-state index is 14.4. The van der Waals surface area contributed by atoms with Crippen LogP contribution < -0.4 is 5.30 Å². The molecule has 102 valence electrons. The molecule has 2 aliphatic rings. The highest BCUT2D eigenvalue weighted by atomic mass is 31.3. The predicted octanol–water partition coefficient (Wildman–Crippen LogP) is 5.17. The highest BCUT2D eigenvalue weighted by Crippen LogP contribution is 2.75. The second-order valence-corrected chi connectivity index (χ2v) is 9.51. The van der Waals surface area contributed by atoms with Gasteiger partial charge in [-0.1, -0.05) is 18.2 Å². The van der Waals surface area contributed by atoms with Crippen LogP contribution in [0.5, 0.6) is 0 Å². The third-order valence-electron chi connectivity index (χ3n) is 2.40. The summed E-state index contributed by atoms with van der Waals surface area (Å²) in [4.78, 5) is 0. The Balaban J connectivity index is 2.14. The standard InChI is InChI=1S/C9H11F2N3O2P3/c10-18-12-17(9-5-2-1-3-6-9)13-19(11,14-18)16-8-4-7-15-18/h1-3,5-6H,4,7-8H2/q+1/t18-,19+. The molecule has 0 spiro atoms. The van der Waals surface area contributed by atoms with Crippen LogP contribution in [0.25, 0.3) is 0 Å². The Morgan fingerprint density at radius 1 is 1.05 bits per heavy atom. The molecule has 0 aliphatic carbocycles. The van der Waals surface area contributed by atoms with Crippen LogP contribution in [0.4, 0.5) is 8.39 Å². The first-order valence-electron chi connectivity index (χ1n) is 5.61. The van der Waals surface area contributed by atoms with E-state index < -0.39 is 23.3 Å². The molecule has 0 saturated carbocycles. The zero-order valence-corrected chi connectivity index (χ0v) is 12.4. The summed E-state index contributed by atoms with van der Waals surface area (Å²) >= 11 is 0. The average molecular weight is 324 g/mol. The minimum atomic E-state index is -3.94. The summed E-state index contributed by atoms with van der Waals surface area (Å²) in [6.45, 7) is 0.268. The van der Waals surface area contributed by atoms with E-state index in [0.29, 0.717) is 11.7 Å². The van der Waals surface area contributed by atoms with Crippen LogP contribution in [0.15, 0.2) is 43.9 Å². The minimum Gasteiger partial charge on any atom is -0.301 e. The molecule has 0 saturated heterocycles. The molecule has 0 aromatic heterocycles. The Kier molecular flexibility index (Phi) is 3.67. The monoisotopic (exact) mass is 324 g/mol. The lowest BCUT2D eigenvalue weighted by Crippen LogP contribution is -2.02. The van der Waals surface area contributed by atoms with E-state index in [4.69, 9.17) is 9.05 Å². The number of benzene rings is 1. The fourth-order valence-electron chi connectivity index (χ4n) is 1.59. The van der Waals surface area contributed by atoms with Crippen LogP contribution in [0, 0.1) is 0 Å². The van der Waals surface area contributed by atoms with Crippen molar-refractivity contribution in [2.75, 3.05) is 13.2 Å². The van der Waals surface area contributed by atoms with Crippen molar-refractivity contribution in [1.29, 1.82) is 0 Å². The van der Waals surface area contributed by atoms with E-state index in [2.05, 4.69) is 13.5 Å². The van der Waals surface area contributed by atoms with E-state index in [1.165, 1.54) is 0 Å². The molecule has 10 heteroatoms. The largest absolute Gasteiger partial charge is 0.424 e. The Hall–Kier alpha value is -0.440. The molecule has 3 rings (SSSR count). The summed E-state index contributed by atoms with van der Waals surface area (Å²) in [7, 11) is -9.55. The third-order valence-corrected chi connectivity index (χ3v) is 9.07. The molecule has 0 radical (unpaired) electrons. The van der Waals surface area contributed by atoms with E-state index in [1.54, 1.807) is 24.3 Å². The summed E-state index contributed by atoms with van der Waals surface area (Å²) in [5.41, 5.74) is 0. The number of fused-ring (bicyclic) bond motifs is 1. The van der Waals surface area contributed by atoms with Crippen molar-refractivity contribution in [1.82, 2.24) is 0 Å². The quantitative estimate of drug-likeness (QED) is 0.669. The zero-order chi connectivity index (χ0) is 13.3. The lowest BCUT2D eigenvalue weighted by molar-refractivity contribution is 0.246. The van der Waals surface area contributed by atoms with Gasteiger partial charge in [0.2, 0.25) is 0 Å². The lowest BCUT2D eigenvalue weighted by atomic mass is 10.4. The van der Waals surface area contributed by atoms with Gasteiger partial charge in [-0.05, 0) is 18.6 Å². The fourth-order valence-corrected chi connectivity index (χ4v) is 8.56. The van der Waals surface area contributed by atoms with Crippen molar-refractivity contribution >= 4 is 28.7 Å². The smallest absolute Gasteiger partial charge is 0.301 e. The molecule has 3 atom stereocenters. The molecule has 1 unspecified atom stereocenters. The molecule has 19 heavy (non-hydrogen) atoms. The highest BCUT2D eigenvalue weighted by Gasteiger charge is 2.43. The van der Waals surface area contributed by atoms with Gasteiger partial charge in [0.05, 0.1) is 13.2 Å². The van der Waals surface area contributed by atoms with Crippen molar-refractivity contribution < 1.29 is 17.4 Å². The summed E-state index contributed by atoms with van der Waals surface area (Å²) in [6, 6.07) is 8.85. The minimum absolute atomic E-state index is 0.134. The van der Waals surface area contributed by atoms with Gasteiger partial charge in [0.25, 0.3) is 0 Å². The molecule has 5 nitrogen and oxygen atoms in total.